The average molecular weight is 449 g/mol. The van der Waals surface area contributed by atoms with Crippen LogP contribution in [0.4, 0.5) is 4.39 Å². The number of allylic oxidation sites excluding steroid dienone is 3. The molecule has 2 heteroatoms. The van der Waals surface area contributed by atoms with Gasteiger partial charge in [0.2, 0.25) is 0 Å². The Kier molecular flexibility index (Phi) is 8.64. The zero-order chi connectivity index (χ0) is 23.0. The Hall–Kier alpha value is -2.09. The molecule has 33 heavy (non-hydrogen) atoms. The minimum Gasteiger partial charge on any atom is -0.486 e. The summed E-state index contributed by atoms with van der Waals surface area (Å²) in [4.78, 5) is 0. The first-order chi connectivity index (χ1) is 16.2. The second kappa shape index (κ2) is 11.9. The van der Waals surface area contributed by atoms with E-state index in [1.807, 2.05) is 31.2 Å². The first-order valence-corrected chi connectivity index (χ1v) is 13.3. The van der Waals surface area contributed by atoms with Crippen molar-refractivity contribution in [1.82, 2.24) is 0 Å². The summed E-state index contributed by atoms with van der Waals surface area (Å²) in [5.74, 6) is 3.56. The predicted octanol–water partition coefficient (Wildman–Crippen LogP) is 9.37. The molecule has 0 aromatic heterocycles. The zero-order valence-corrected chi connectivity index (χ0v) is 20.6. The molecule has 2 fully saturated rings. The molecular formula is C31H41FO. The second-order valence-corrected chi connectivity index (χ2v) is 10.3. The number of hydrogen-bond acceptors (Lipinski definition) is 1. The summed E-state index contributed by atoms with van der Waals surface area (Å²) in [6.45, 7) is 4.47. The number of halogens is 1. The van der Waals surface area contributed by atoms with E-state index < -0.39 is 0 Å². The first-order valence-electron chi connectivity index (χ1n) is 13.3. The number of ether oxygens (including phenoxy) is 1. The largest absolute Gasteiger partial charge is 0.486 e. The maximum absolute atomic E-state index is 14.9. The van der Waals surface area contributed by atoms with E-state index >= 15 is 0 Å². The molecule has 0 unspecified atom stereocenters. The molecule has 2 aliphatic rings. The molecule has 2 aliphatic carbocycles. The van der Waals surface area contributed by atoms with Crippen molar-refractivity contribution in [3.63, 3.8) is 0 Å². The van der Waals surface area contributed by atoms with Gasteiger partial charge in [-0.3, -0.25) is 0 Å². The molecule has 0 bridgehead atoms. The smallest absolute Gasteiger partial charge is 0.172 e. The molecule has 0 saturated heterocycles. The number of rotatable bonds is 8. The van der Waals surface area contributed by atoms with Gasteiger partial charge in [-0.25, -0.2) is 4.39 Å². The summed E-state index contributed by atoms with van der Waals surface area (Å²) in [5.41, 5.74) is 1.38. The fourth-order valence-corrected chi connectivity index (χ4v) is 6.26. The van der Waals surface area contributed by atoms with E-state index in [4.69, 9.17) is 4.74 Å². The van der Waals surface area contributed by atoms with Crippen molar-refractivity contribution in [2.75, 3.05) is 6.61 Å². The maximum Gasteiger partial charge on any atom is 0.172 e. The van der Waals surface area contributed by atoms with Gasteiger partial charge in [0, 0.05) is 5.39 Å². The van der Waals surface area contributed by atoms with Crippen LogP contribution in [0.25, 0.3) is 10.8 Å². The van der Waals surface area contributed by atoms with Gasteiger partial charge in [-0.15, -0.1) is 0 Å². The number of fused-ring (bicyclic) bond motifs is 1. The lowest BCUT2D eigenvalue weighted by Crippen LogP contribution is -2.25. The van der Waals surface area contributed by atoms with Gasteiger partial charge in [-0.05, 0) is 106 Å². The van der Waals surface area contributed by atoms with E-state index in [0.29, 0.717) is 23.7 Å². The van der Waals surface area contributed by atoms with Gasteiger partial charge in [0.05, 0.1) is 0 Å². The van der Waals surface area contributed by atoms with Gasteiger partial charge in [0.15, 0.2) is 11.6 Å². The fourth-order valence-electron chi connectivity index (χ4n) is 6.26. The molecule has 0 amide bonds. The molecule has 178 valence electrons. The van der Waals surface area contributed by atoms with Crippen LogP contribution in [0.2, 0.25) is 0 Å². The van der Waals surface area contributed by atoms with Crippen LogP contribution in [0.5, 0.6) is 5.75 Å². The lowest BCUT2D eigenvalue weighted by molar-refractivity contribution is 0.157. The van der Waals surface area contributed by atoms with Crippen molar-refractivity contribution in [2.24, 2.45) is 17.8 Å². The van der Waals surface area contributed by atoms with Crippen LogP contribution < -0.4 is 4.74 Å². The topological polar surface area (TPSA) is 9.23 Å². The molecule has 0 heterocycles. The molecule has 0 spiro atoms. The SMILES string of the molecule is CC=CCOc1ccc2cc(C3CCC(C4CCC(CC/C=C/C)CC4)CC3)ccc2c1F. The van der Waals surface area contributed by atoms with Crippen molar-refractivity contribution in [3.8, 4) is 5.75 Å². The van der Waals surface area contributed by atoms with E-state index in [2.05, 4.69) is 31.2 Å². The van der Waals surface area contributed by atoms with Crippen LogP contribution in [0.1, 0.15) is 89.5 Å². The Morgan fingerprint density at radius 2 is 1.55 bits per heavy atom. The van der Waals surface area contributed by atoms with E-state index in [1.165, 1.54) is 69.8 Å². The first kappa shape index (κ1) is 24.0. The van der Waals surface area contributed by atoms with E-state index in [9.17, 15) is 4.39 Å². The van der Waals surface area contributed by atoms with Gasteiger partial charge < -0.3 is 4.74 Å². The monoisotopic (exact) mass is 448 g/mol. The molecule has 2 aromatic rings. The number of hydrogen-bond donors (Lipinski definition) is 0. The molecule has 0 N–H and O–H groups in total. The molecule has 2 saturated carbocycles. The van der Waals surface area contributed by atoms with Crippen LogP contribution >= 0.6 is 0 Å². The third-order valence-corrected chi connectivity index (χ3v) is 8.29. The Labute approximate surface area is 200 Å². The Morgan fingerprint density at radius 1 is 0.848 bits per heavy atom. The van der Waals surface area contributed by atoms with Crippen LogP contribution in [0, 0.1) is 23.6 Å². The second-order valence-electron chi connectivity index (χ2n) is 10.3. The van der Waals surface area contributed by atoms with Crippen molar-refractivity contribution in [1.29, 1.82) is 0 Å². The normalized spacial score (nSPS) is 26.4. The van der Waals surface area contributed by atoms with Crippen molar-refractivity contribution in [2.45, 2.75) is 84.0 Å². The van der Waals surface area contributed by atoms with Gasteiger partial charge in [-0.1, -0.05) is 61.4 Å². The quantitative estimate of drug-likeness (QED) is 0.365. The van der Waals surface area contributed by atoms with E-state index in [-0.39, 0.29) is 5.82 Å². The summed E-state index contributed by atoms with van der Waals surface area (Å²) >= 11 is 0. The third kappa shape index (κ3) is 6.08. The van der Waals surface area contributed by atoms with Crippen LogP contribution in [0.15, 0.2) is 54.6 Å². The highest BCUT2D eigenvalue weighted by Gasteiger charge is 2.31. The summed E-state index contributed by atoms with van der Waals surface area (Å²) in [6, 6.07) is 10.1. The van der Waals surface area contributed by atoms with Gasteiger partial charge in [0.25, 0.3) is 0 Å². The van der Waals surface area contributed by atoms with Gasteiger partial charge in [-0.2, -0.15) is 0 Å². The summed E-state index contributed by atoms with van der Waals surface area (Å²) in [5, 5.41) is 1.65. The molecule has 2 aromatic carbocycles. The highest BCUT2D eigenvalue weighted by Crippen LogP contribution is 2.45. The lowest BCUT2D eigenvalue weighted by Gasteiger charge is -2.38. The minimum atomic E-state index is -0.242. The predicted molar refractivity (Wildman–Crippen MR) is 138 cm³/mol. The highest BCUT2D eigenvalue weighted by atomic mass is 19.1. The van der Waals surface area contributed by atoms with Crippen molar-refractivity contribution >= 4 is 10.8 Å². The van der Waals surface area contributed by atoms with E-state index in [0.717, 1.165) is 23.1 Å². The standard InChI is InChI=1S/C31H41FO/c1-3-5-7-8-23-9-11-24(12-10-23)25-13-15-26(16-14-25)27-17-19-29-28(22-27)18-20-30(31(29)32)33-21-6-4-2/h3-6,17-20,22-26H,7-16,21H2,1-2H3/b5-3+,6-4?. The summed E-state index contributed by atoms with van der Waals surface area (Å²) in [6.07, 6.45) is 22.0. The Balaban J connectivity index is 1.31. The molecule has 0 atom stereocenters. The molecule has 0 aliphatic heterocycles. The fraction of sp³-hybridized carbons (Fsp3) is 0.548. The minimum absolute atomic E-state index is 0.242. The zero-order valence-electron chi connectivity index (χ0n) is 20.6. The number of benzene rings is 2. The summed E-state index contributed by atoms with van der Waals surface area (Å²) < 4.78 is 20.5. The van der Waals surface area contributed by atoms with Crippen LogP contribution in [0.3, 0.4) is 0 Å². The maximum atomic E-state index is 14.9. The molecular weight excluding hydrogens is 407 g/mol. The molecule has 0 radical (unpaired) electrons. The molecule has 4 rings (SSSR count). The molecule has 1 nitrogen and oxygen atoms in total. The average Bonchev–Trinajstić information content (AvgIpc) is 2.86. The Bertz CT molecular complexity index is 943. The highest BCUT2D eigenvalue weighted by molar-refractivity contribution is 5.85. The van der Waals surface area contributed by atoms with Gasteiger partial charge in [0.1, 0.15) is 6.61 Å². The van der Waals surface area contributed by atoms with Crippen LogP contribution in [-0.4, -0.2) is 6.61 Å². The van der Waals surface area contributed by atoms with Gasteiger partial charge >= 0.3 is 0 Å². The van der Waals surface area contributed by atoms with Crippen molar-refractivity contribution < 1.29 is 9.13 Å². The Morgan fingerprint density at radius 3 is 2.24 bits per heavy atom. The lowest BCUT2D eigenvalue weighted by atomic mass is 9.68. The van der Waals surface area contributed by atoms with Crippen molar-refractivity contribution in [3.05, 3.63) is 66.0 Å². The van der Waals surface area contributed by atoms with E-state index in [1.54, 1.807) is 6.07 Å². The third-order valence-electron chi connectivity index (χ3n) is 8.29. The van der Waals surface area contributed by atoms with Crippen LogP contribution in [-0.2, 0) is 0 Å². The summed E-state index contributed by atoms with van der Waals surface area (Å²) in [7, 11) is 0.